The Hall–Kier alpha value is -0.920. The molecule has 1 rings (SSSR count). The van der Waals surface area contributed by atoms with Crippen LogP contribution in [0.15, 0.2) is 24.5 Å². The summed E-state index contributed by atoms with van der Waals surface area (Å²) in [6, 6.07) is 3.16. The quantitative estimate of drug-likeness (QED) is 0.502. The highest BCUT2D eigenvalue weighted by Crippen LogP contribution is 2.03. The Balaban J connectivity index is 3.06. The van der Waals surface area contributed by atoms with Gasteiger partial charge in [0.15, 0.2) is 17.6 Å². The maximum Gasteiger partial charge on any atom is 0.205 e. The van der Waals surface area contributed by atoms with E-state index in [0.717, 1.165) is 0 Å². The Morgan fingerprint density at radius 3 is 2.36 bits per heavy atom. The monoisotopic (exact) mass is 154 g/mol. The van der Waals surface area contributed by atoms with Crippen molar-refractivity contribution in [1.29, 1.82) is 0 Å². The van der Waals surface area contributed by atoms with Crippen molar-refractivity contribution >= 4 is 0 Å². The van der Waals surface area contributed by atoms with Crippen LogP contribution in [0.4, 0.5) is 4.39 Å². The lowest BCUT2D eigenvalue weighted by Crippen LogP contribution is -2.49. The predicted octanol–water partition coefficient (Wildman–Crippen LogP) is 1.87. The number of aromatic nitrogens is 1. The predicted molar refractivity (Wildman–Crippen MR) is 41.6 cm³/mol. The lowest BCUT2D eigenvalue weighted by atomic mass is 10.1. The SMILES string of the molecule is CC(C)(C)[n+]1cccc(F)c1. The fourth-order valence-corrected chi connectivity index (χ4v) is 0.864. The van der Waals surface area contributed by atoms with E-state index < -0.39 is 0 Å². The molecule has 2 heteroatoms. The molecular formula is C9H13FN+. The number of hydrogen-bond donors (Lipinski definition) is 0. The molecule has 0 radical (unpaired) electrons. The molecule has 0 spiro atoms. The number of halogens is 1. The van der Waals surface area contributed by atoms with Crippen LogP contribution in [0.3, 0.4) is 0 Å². The van der Waals surface area contributed by atoms with Crippen LogP contribution in [0.25, 0.3) is 0 Å². The van der Waals surface area contributed by atoms with Gasteiger partial charge in [0.05, 0.1) is 0 Å². The molecule has 0 aliphatic heterocycles. The smallest absolute Gasteiger partial charge is 0.200 e. The molecule has 0 fully saturated rings. The zero-order valence-electron chi connectivity index (χ0n) is 7.13. The first-order chi connectivity index (χ1) is 5.00. The summed E-state index contributed by atoms with van der Waals surface area (Å²) in [7, 11) is 0. The van der Waals surface area contributed by atoms with Gasteiger partial charge in [-0.2, -0.15) is 4.57 Å². The van der Waals surface area contributed by atoms with E-state index in [-0.39, 0.29) is 11.4 Å². The number of rotatable bonds is 0. The first-order valence-corrected chi connectivity index (χ1v) is 3.67. The van der Waals surface area contributed by atoms with Crippen molar-refractivity contribution in [3.05, 3.63) is 30.3 Å². The lowest BCUT2D eigenvalue weighted by molar-refractivity contribution is -0.755. The van der Waals surface area contributed by atoms with Crippen LogP contribution in [0.5, 0.6) is 0 Å². The molecule has 0 saturated heterocycles. The van der Waals surface area contributed by atoms with Crippen molar-refractivity contribution in [2.75, 3.05) is 0 Å². The second-order valence-electron chi connectivity index (χ2n) is 3.60. The minimum atomic E-state index is -0.192. The van der Waals surface area contributed by atoms with Gasteiger partial charge in [-0.15, -0.1) is 0 Å². The molecule has 0 aliphatic carbocycles. The van der Waals surface area contributed by atoms with Gasteiger partial charge in [-0.25, -0.2) is 4.39 Å². The van der Waals surface area contributed by atoms with Crippen LogP contribution in [0.2, 0.25) is 0 Å². The zero-order valence-corrected chi connectivity index (χ0v) is 7.13. The number of nitrogens with zero attached hydrogens (tertiary/aromatic N) is 1. The minimum Gasteiger partial charge on any atom is -0.200 e. The maximum absolute atomic E-state index is 12.7. The van der Waals surface area contributed by atoms with Crippen LogP contribution in [-0.2, 0) is 5.54 Å². The molecule has 0 unspecified atom stereocenters. The molecule has 1 nitrogen and oxygen atoms in total. The third-order valence-electron chi connectivity index (χ3n) is 1.54. The van der Waals surface area contributed by atoms with Crippen LogP contribution in [0.1, 0.15) is 20.8 Å². The molecule has 0 atom stereocenters. The average Bonchev–Trinajstić information content (AvgIpc) is 1.86. The van der Waals surface area contributed by atoms with Gasteiger partial charge in [0.1, 0.15) is 0 Å². The van der Waals surface area contributed by atoms with Crippen LogP contribution >= 0.6 is 0 Å². The van der Waals surface area contributed by atoms with Crippen LogP contribution in [0, 0.1) is 5.82 Å². The summed E-state index contributed by atoms with van der Waals surface area (Å²) in [5.74, 6) is -0.192. The summed E-state index contributed by atoms with van der Waals surface area (Å²) in [5, 5.41) is 0. The lowest BCUT2D eigenvalue weighted by Gasteiger charge is -2.11. The normalized spacial score (nSPS) is 11.6. The summed E-state index contributed by atoms with van der Waals surface area (Å²) < 4.78 is 14.5. The molecular weight excluding hydrogens is 141 g/mol. The van der Waals surface area contributed by atoms with E-state index in [0.29, 0.717) is 0 Å². The first kappa shape index (κ1) is 8.18. The van der Waals surface area contributed by atoms with Crippen molar-refractivity contribution in [1.82, 2.24) is 0 Å². The third kappa shape index (κ3) is 2.00. The standard InChI is InChI=1S/C9H13FN/c1-9(2,3)11-6-4-5-8(10)7-11/h4-7H,1-3H3/q+1. The highest BCUT2D eigenvalue weighted by Gasteiger charge is 2.20. The van der Waals surface area contributed by atoms with Gasteiger partial charge in [0.2, 0.25) is 6.20 Å². The Morgan fingerprint density at radius 1 is 1.36 bits per heavy atom. The Kier molecular flexibility index (Phi) is 1.94. The molecule has 0 aromatic carbocycles. The Labute approximate surface area is 66.5 Å². The second-order valence-corrected chi connectivity index (χ2v) is 3.60. The van der Waals surface area contributed by atoms with Crippen molar-refractivity contribution in [2.45, 2.75) is 26.3 Å². The first-order valence-electron chi connectivity index (χ1n) is 3.67. The number of hydrogen-bond acceptors (Lipinski definition) is 0. The minimum absolute atomic E-state index is 0.0396. The molecule has 0 aliphatic rings. The molecule has 0 N–H and O–H groups in total. The highest BCUT2D eigenvalue weighted by molar-refractivity contribution is 4.88. The summed E-state index contributed by atoms with van der Waals surface area (Å²) >= 11 is 0. The van der Waals surface area contributed by atoms with Gasteiger partial charge in [0, 0.05) is 26.8 Å². The van der Waals surface area contributed by atoms with Gasteiger partial charge in [0.25, 0.3) is 0 Å². The van der Waals surface area contributed by atoms with E-state index in [9.17, 15) is 4.39 Å². The highest BCUT2D eigenvalue weighted by atomic mass is 19.1. The van der Waals surface area contributed by atoms with E-state index in [4.69, 9.17) is 0 Å². The topological polar surface area (TPSA) is 3.88 Å². The van der Waals surface area contributed by atoms with Crippen molar-refractivity contribution in [3.8, 4) is 0 Å². The van der Waals surface area contributed by atoms with Crippen molar-refractivity contribution in [2.24, 2.45) is 0 Å². The Morgan fingerprint density at radius 2 is 2.00 bits per heavy atom. The average molecular weight is 154 g/mol. The summed E-state index contributed by atoms with van der Waals surface area (Å²) in [6.45, 7) is 6.10. The molecule has 11 heavy (non-hydrogen) atoms. The summed E-state index contributed by atoms with van der Waals surface area (Å²) in [6.07, 6.45) is 3.36. The van der Waals surface area contributed by atoms with Gasteiger partial charge >= 0.3 is 0 Å². The number of pyridine rings is 1. The van der Waals surface area contributed by atoms with Gasteiger partial charge < -0.3 is 0 Å². The molecule has 1 aromatic rings. The van der Waals surface area contributed by atoms with E-state index >= 15 is 0 Å². The molecule has 0 bridgehead atoms. The van der Waals surface area contributed by atoms with E-state index in [1.54, 1.807) is 6.07 Å². The molecule has 60 valence electrons. The zero-order chi connectivity index (χ0) is 8.48. The molecule has 1 aromatic heterocycles. The molecule has 0 amide bonds. The van der Waals surface area contributed by atoms with E-state index in [2.05, 4.69) is 0 Å². The second kappa shape index (κ2) is 2.61. The van der Waals surface area contributed by atoms with Gasteiger partial charge in [-0.1, -0.05) is 0 Å². The fourth-order valence-electron chi connectivity index (χ4n) is 0.864. The fraction of sp³-hybridized carbons (Fsp3) is 0.444. The van der Waals surface area contributed by atoms with Gasteiger partial charge in [-0.05, 0) is 6.07 Å². The van der Waals surface area contributed by atoms with E-state index in [1.807, 2.05) is 31.5 Å². The largest absolute Gasteiger partial charge is 0.205 e. The van der Waals surface area contributed by atoms with Crippen LogP contribution in [-0.4, -0.2) is 0 Å². The van der Waals surface area contributed by atoms with Crippen molar-refractivity contribution < 1.29 is 8.96 Å². The summed E-state index contributed by atoms with van der Waals surface area (Å²) in [5.41, 5.74) is -0.0396. The Bertz CT molecular complexity index is 250. The summed E-state index contributed by atoms with van der Waals surface area (Å²) in [4.78, 5) is 0. The van der Waals surface area contributed by atoms with Crippen LogP contribution < -0.4 is 4.57 Å². The van der Waals surface area contributed by atoms with Crippen molar-refractivity contribution in [3.63, 3.8) is 0 Å². The third-order valence-corrected chi connectivity index (χ3v) is 1.54. The van der Waals surface area contributed by atoms with E-state index in [1.165, 1.54) is 12.3 Å². The molecule has 1 heterocycles. The molecule has 0 saturated carbocycles. The maximum atomic E-state index is 12.7. The van der Waals surface area contributed by atoms with Gasteiger partial charge in [-0.3, -0.25) is 0 Å².